The average Bonchev–Trinajstić information content (AvgIpc) is 3.39. The molecule has 2 fully saturated rings. The van der Waals surface area contributed by atoms with E-state index in [1.54, 1.807) is 0 Å². The molecule has 0 radical (unpaired) electrons. The number of nitrogens with zero attached hydrogens (tertiary/aromatic N) is 3. The highest BCUT2D eigenvalue weighted by Gasteiger charge is 2.33. The topological polar surface area (TPSA) is 85.2 Å². The molecule has 4 rings (SSSR count). The number of hydrogen-bond acceptors (Lipinski definition) is 5. The molecule has 1 atom stereocenters. The number of amides is 1. The summed E-state index contributed by atoms with van der Waals surface area (Å²) in [5, 5.41) is 4.99. The first-order valence-corrected chi connectivity index (χ1v) is 9.41. The molecule has 1 amide bonds. The van der Waals surface area contributed by atoms with Crippen LogP contribution in [0.2, 0.25) is 0 Å². The number of aromatic nitrogens is 2. The number of fused-ring (bicyclic) bond motifs is 1. The van der Waals surface area contributed by atoms with Crippen molar-refractivity contribution >= 4 is 29.4 Å². The summed E-state index contributed by atoms with van der Waals surface area (Å²) in [6.07, 6.45) is 5.41. The van der Waals surface area contributed by atoms with E-state index in [0.717, 1.165) is 55.4 Å². The van der Waals surface area contributed by atoms with Crippen molar-refractivity contribution in [2.24, 2.45) is 5.73 Å². The van der Waals surface area contributed by atoms with Crippen molar-refractivity contribution in [3.8, 4) is 0 Å². The number of hydrogen-bond donors (Lipinski definition) is 1. The van der Waals surface area contributed by atoms with E-state index in [0.29, 0.717) is 23.7 Å². The molecule has 2 aromatic rings. The minimum Gasteiger partial charge on any atom is -0.335 e. The number of nitrogens with two attached hydrogens (primary N) is 1. The monoisotopic (exact) mass is 378 g/mol. The van der Waals surface area contributed by atoms with Gasteiger partial charge in [-0.25, -0.2) is 4.98 Å². The van der Waals surface area contributed by atoms with Gasteiger partial charge in [-0.15, -0.1) is 12.4 Å². The van der Waals surface area contributed by atoms with Crippen LogP contribution in [0.25, 0.3) is 11.1 Å². The zero-order valence-corrected chi connectivity index (χ0v) is 16.2. The third kappa shape index (κ3) is 3.32. The largest absolute Gasteiger partial charge is 0.335 e. The zero-order valence-electron chi connectivity index (χ0n) is 15.4. The molecule has 1 aliphatic heterocycles. The third-order valence-electron chi connectivity index (χ3n) is 5.43. The maximum atomic E-state index is 13.4. The summed E-state index contributed by atoms with van der Waals surface area (Å²) in [6, 6.07) is 2.10. The SMILES string of the molecule is CC(C)c1noc2nc(C3CC3)cc(C(=O)N3CCCCC3CN)c12.Cl. The van der Waals surface area contributed by atoms with Crippen LogP contribution in [0.1, 0.15) is 79.5 Å². The lowest BCUT2D eigenvalue weighted by molar-refractivity contribution is 0.0625. The second-order valence-corrected chi connectivity index (χ2v) is 7.66. The molecule has 2 N–H and O–H groups in total. The van der Waals surface area contributed by atoms with Crippen LogP contribution in [0.15, 0.2) is 10.6 Å². The second-order valence-electron chi connectivity index (χ2n) is 7.66. The molecule has 6 nitrogen and oxygen atoms in total. The van der Waals surface area contributed by atoms with Crippen LogP contribution in [0.4, 0.5) is 0 Å². The summed E-state index contributed by atoms with van der Waals surface area (Å²) in [7, 11) is 0. The van der Waals surface area contributed by atoms with Crippen LogP contribution in [-0.2, 0) is 0 Å². The number of likely N-dealkylation sites (tertiary alicyclic amines) is 1. The Morgan fingerprint density at radius 1 is 1.35 bits per heavy atom. The Morgan fingerprint density at radius 3 is 2.77 bits per heavy atom. The van der Waals surface area contributed by atoms with Crippen molar-refractivity contribution in [1.82, 2.24) is 15.0 Å². The molecule has 3 heterocycles. The molecular weight excluding hydrogens is 352 g/mol. The molecule has 0 bridgehead atoms. The van der Waals surface area contributed by atoms with Crippen molar-refractivity contribution in [2.75, 3.05) is 13.1 Å². The summed E-state index contributed by atoms with van der Waals surface area (Å²) in [4.78, 5) is 20.0. The summed E-state index contributed by atoms with van der Waals surface area (Å²) >= 11 is 0. The van der Waals surface area contributed by atoms with Gasteiger partial charge >= 0.3 is 0 Å². The molecule has 1 saturated heterocycles. The molecule has 1 aliphatic carbocycles. The highest BCUT2D eigenvalue weighted by atomic mass is 35.5. The first-order chi connectivity index (χ1) is 12.1. The molecule has 2 aliphatic rings. The summed E-state index contributed by atoms with van der Waals surface area (Å²) in [6.45, 7) is 5.40. The minimum atomic E-state index is 0. The number of carbonyl (C=O) groups is 1. The average molecular weight is 379 g/mol. The molecule has 1 unspecified atom stereocenters. The van der Waals surface area contributed by atoms with Gasteiger partial charge < -0.3 is 15.2 Å². The predicted molar refractivity (Wildman–Crippen MR) is 103 cm³/mol. The van der Waals surface area contributed by atoms with E-state index < -0.39 is 0 Å². The van der Waals surface area contributed by atoms with Gasteiger partial charge in [-0.05, 0) is 44.1 Å². The Bertz CT molecular complexity index is 800. The minimum absolute atomic E-state index is 0. The Kier molecular flexibility index (Phi) is 5.53. The van der Waals surface area contributed by atoms with E-state index in [4.69, 9.17) is 10.3 Å². The van der Waals surface area contributed by atoms with Crippen LogP contribution in [0.3, 0.4) is 0 Å². The van der Waals surface area contributed by atoms with Gasteiger partial charge in [-0.1, -0.05) is 19.0 Å². The zero-order chi connectivity index (χ0) is 17.6. The summed E-state index contributed by atoms with van der Waals surface area (Å²) < 4.78 is 5.50. The fourth-order valence-corrected chi connectivity index (χ4v) is 3.81. The lowest BCUT2D eigenvalue weighted by atomic mass is 9.97. The van der Waals surface area contributed by atoms with Crippen molar-refractivity contribution < 1.29 is 9.32 Å². The molecule has 142 valence electrons. The Hall–Kier alpha value is -1.66. The Morgan fingerprint density at radius 2 is 2.12 bits per heavy atom. The molecular formula is C19H27ClN4O2. The highest BCUT2D eigenvalue weighted by Crippen LogP contribution is 2.41. The molecule has 1 saturated carbocycles. The Labute approximate surface area is 159 Å². The number of piperidine rings is 1. The van der Waals surface area contributed by atoms with Gasteiger partial charge in [0.2, 0.25) is 0 Å². The van der Waals surface area contributed by atoms with Gasteiger partial charge in [-0.3, -0.25) is 4.79 Å². The van der Waals surface area contributed by atoms with E-state index in [2.05, 4.69) is 24.0 Å². The standard InChI is InChI=1S/C19H26N4O2.ClH/c1-11(2)17-16-14(19(24)23-8-4-3-5-13(23)10-20)9-15(12-6-7-12)21-18(16)25-22-17;/h9,11-13H,3-8,10,20H2,1-2H3;1H. The summed E-state index contributed by atoms with van der Waals surface area (Å²) in [5.41, 5.74) is 8.90. The van der Waals surface area contributed by atoms with Gasteiger partial charge in [0.25, 0.3) is 11.6 Å². The van der Waals surface area contributed by atoms with E-state index in [1.165, 1.54) is 0 Å². The van der Waals surface area contributed by atoms with Crippen molar-refractivity contribution in [1.29, 1.82) is 0 Å². The van der Waals surface area contributed by atoms with E-state index in [-0.39, 0.29) is 30.3 Å². The van der Waals surface area contributed by atoms with Gasteiger partial charge in [0.05, 0.1) is 16.6 Å². The molecule has 7 heteroatoms. The molecule has 2 aromatic heterocycles. The normalized spacial score (nSPS) is 20.5. The molecule has 0 aromatic carbocycles. The smallest absolute Gasteiger partial charge is 0.259 e. The Balaban J connectivity index is 0.00000196. The van der Waals surface area contributed by atoms with Crippen LogP contribution < -0.4 is 5.73 Å². The fraction of sp³-hybridized carbons (Fsp3) is 0.632. The molecule has 0 spiro atoms. The third-order valence-corrected chi connectivity index (χ3v) is 5.43. The number of rotatable bonds is 4. The van der Waals surface area contributed by atoms with Crippen molar-refractivity contribution in [3.05, 3.63) is 23.0 Å². The quantitative estimate of drug-likeness (QED) is 0.878. The first kappa shape index (κ1) is 19.1. The lowest BCUT2D eigenvalue weighted by Crippen LogP contribution is -2.47. The van der Waals surface area contributed by atoms with Crippen LogP contribution >= 0.6 is 12.4 Å². The first-order valence-electron chi connectivity index (χ1n) is 9.41. The van der Waals surface area contributed by atoms with E-state index in [9.17, 15) is 4.79 Å². The van der Waals surface area contributed by atoms with Crippen LogP contribution in [0, 0.1) is 0 Å². The van der Waals surface area contributed by atoms with Gasteiger partial charge in [0.1, 0.15) is 0 Å². The number of pyridine rings is 1. The van der Waals surface area contributed by atoms with Crippen molar-refractivity contribution in [3.63, 3.8) is 0 Å². The number of carbonyl (C=O) groups excluding carboxylic acids is 1. The van der Waals surface area contributed by atoms with Crippen LogP contribution in [0.5, 0.6) is 0 Å². The lowest BCUT2D eigenvalue weighted by Gasteiger charge is -2.35. The maximum absolute atomic E-state index is 13.4. The van der Waals surface area contributed by atoms with Gasteiger partial charge in [0.15, 0.2) is 0 Å². The highest BCUT2D eigenvalue weighted by molar-refractivity contribution is 6.06. The predicted octanol–water partition coefficient (Wildman–Crippen LogP) is 3.60. The second kappa shape index (κ2) is 7.53. The maximum Gasteiger partial charge on any atom is 0.259 e. The molecule has 26 heavy (non-hydrogen) atoms. The van der Waals surface area contributed by atoms with Crippen LogP contribution in [-0.4, -0.2) is 40.1 Å². The fourth-order valence-electron chi connectivity index (χ4n) is 3.81. The van der Waals surface area contributed by atoms with E-state index >= 15 is 0 Å². The summed E-state index contributed by atoms with van der Waals surface area (Å²) in [5.74, 6) is 0.679. The number of halogens is 1. The van der Waals surface area contributed by atoms with Gasteiger partial charge in [-0.2, -0.15) is 0 Å². The van der Waals surface area contributed by atoms with E-state index in [1.807, 2.05) is 11.0 Å². The van der Waals surface area contributed by atoms with Gasteiger partial charge in [0, 0.05) is 30.7 Å². The van der Waals surface area contributed by atoms with Crippen molar-refractivity contribution in [2.45, 2.75) is 63.8 Å².